The second kappa shape index (κ2) is 3.64. The van der Waals surface area contributed by atoms with Gasteiger partial charge in [-0.2, -0.15) is 12.5 Å². The Hall–Kier alpha value is -1.82. The molecule has 2 N–H and O–H groups in total. The van der Waals surface area contributed by atoms with Crippen molar-refractivity contribution >= 4 is 15.8 Å². The fraction of sp³-hybridized carbons (Fsp3) is 0.100. The molecule has 0 unspecified atom stereocenters. The van der Waals surface area contributed by atoms with Crippen LogP contribution in [0.3, 0.4) is 0 Å². The minimum atomic E-state index is -3.62. The van der Waals surface area contributed by atoms with Crippen LogP contribution in [0, 0.1) is 6.92 Å². The largest absolute Gasteiger partial charge is 0.382 e. The molecule has 0 amide bonds. The molecule has 16 heavy (non-hydrogen) atoms. The lowest BCUT2D eigenvalue weighted by Crippen LogP contribution is -2.15. The Bertz CT molecular complexity index is 616. The van der Waals surface area contributed by atoms with Crippen molar-refractivity contribution < 1.29 is 8.42 Å². The first-order valence-electron chi connectivity index (χ1n) is 4.64. The first-order chi connectivity index (χ1) is 7.51. The Balaban J connectivity index is 2.60. The third kappa shape index (κ3) is 1.67. The molecule has 2 aromatic rings. The summed E-state index contributed by atoms with van der Waals surface area (Å²) < 4.78 is 25.1. The summed E-state index contributed by atoms with van der Waals surface area (Å²) in [6.07, 6.45) is 1.33. The highest BCUT2D eigenvalue weighted by Crippen LogP contribution is 2.17. The van der Waals surface area contributed by atoms with Crippen molar-refractivity contribution in [2.24, 2.45) is 0 Å². The molecule has 6 heteroatoms. The van der Waals surface area contributed by atoms with Crippen molar-refractivity contribution in [1.82, 2.24) is 9.19 Å². The molecule has 0 atom stereocenters. The van der Waals surface area contributed by atoms with Crippen LogP contribution >= 0.6 is 0 Å². The molecule has 1 aromatic heterocycles. The topological polar surface area (TPSA) is 78.0 Å². The number of anilines is 1. The van der Waals surface area contributed by atoms with Crippen LogP contribution in [0.25, 0.3) is 0 Å². The molecule has 5 nitrogen and oxygen atoms in total. The molecule has 0 saturated carbocycles. The summed E-state index contributed by atoms with van der Waals surface area (Å²) in [4.78, 5) is 0.234. The molecule has 0 saturated heterocycles. The number of aryl methyl sites for hydroxylation is 1. The minimum absolute atomic E-state index is 0.178. The molecule has 0 fully saturated rings. The maximum absolute atomic E-state index is 12.1. The van der Waals surface area contributed by atoms with E-state index in [4.69, 9.17) is 5.73 Å². The molecule has 2 rings (SSSR count). The van der Waals surface area contributed by atoms with Gasteiger partial charge in [-0.25, -0.2) is 0 Å². The van der Waals surface area contributed by atoms with Crippen molar-refractivity contribution in [2.75, 3.05) is 5.73 Å². The molecule has 0 spiro atoms. The second-order valence-electron chi connectivity index (χ2n) is 3.38. The number of rotatable bonds is 2. The fourth-order valence-electron chi connectivity index (χ4n) is 1.40. The molecule has 0 bridgehead atoms. The third-order valence-electron chi connectivity index (χ3n) is 2.20. The quantitative estimate of drug-likeness (QED) is 0.845. The standard InChI is InChI=1S/C10H11N3O2S/c1-8-4-2-3-5-9(8)16(14,15)13-7-6-10(11)12-13/h2-7H,1H3,(H2,11,12). The summed E-state index contributed by atoms with van der Waals surface area (Å²) in [7, 11) is -3.62. The maximum atomic E-state index is 12.1. The van der Waals surface area contributed by atoms with E-state index in [9.17, 15) is 8.42 Å². The molecule has 0 aliphatic heterocycles. The fourth-order valence-corrected chi connectivity index (χ4v) is 2.75. The lowest BCUT2D eigenvalue weighted by molar-refractivity contribution is 0.579. The van der Waals surface area contributed by atoms with Gasteiger partial charge in [0.1, 0.15) is 5.82 Å². The molecule has 84 valence electrons. The lowest BCUT2D eigenvalue weighted by atomic mass is 10.2. The first kappa shape index (κ1) is 10.7. The van der Waals surface area contributed by atoms with Gasteiger partial charge in [-0.3, -0.25) is 0 Å². The molecule has 0 aliphatic rings. The Morgan fingerprint density at radius 3 is 2.50 bits per heavy atom. The van der Waals surface area contributed by atoms with E-state index >= 15 is 0 Å². The van der Waals surface area contributed by atoms with Crippen LogP contribution in [-0.4, -0.2) is 17.6 Å². The predicted molar refractivity (Wildman–Crippen MR) is 60.4 cm³/mol. The lowest BCUT2D eigenvalue weighted by Gasteiger charge is -2.06. The highest BCUT2D eigenvalue weighted by atomic mass is 32.2. The van der Waals surface area contributed by atoms with Crippen LogP contribution in [0.15, 0.2) is 41.4 Å². The van der Waals surface area contributed by atoms with Crippen molar-refractivity contribution in [3.8, 4) is 0 Å². The zero-order chi connectivity index (χ0) is 11.8. The molecule has 0 aliphatic carbocycles. The van der Waals surface area contributed by atoms with Gasteiger partial charge in [0, 0.05) is 12.3 Å². The van der Waals surface area contributed by atoms with Crippen molar-refractivity contribution in [3.05, 3.63) is 42.1 Å². The number of hydrogen-bond acceptors (Lipinski definition) is 4. The summed E-state index contributed by atoms with van der Waals surface area (Å²) in [5, 5.41) is 3.71. The average Bonchev–Trinajstić information content (AvgIpc) is 2.66. The molecule has 0 radical (unpaired) electrons. The summed E-state index contributed by atoms with van der Waals surface area (Å²) in [6.45, 7) is 1.74. The summed E-state index contributed by atoms with van der Waals surface area (Å²) in [6, 6.07) is 8.18. The normalized spacial score (nSPS) is 11.6. The van der Waals surface area contributed by atoms with E-state index in [1.807, 2.05) is 0 Å². The zero-order valence-corrected chi connectivity index (χ0v) is 9.48. The van der Waals surface area contributed by atoms with Gasteiger partial charge in [-0.05, 0) is 18.6 Å². The Kier molecular flexibility index (Phi) is 2.43. The zero-order valence-electron chi connectivity index (χ0n) is 8.66. The number of benzene rings is 1. The van der Waals surface area contributed by atoms with Gasteiger partial charge in [0.25, 0.3) is 10.0 Å². The van der Waals surface area contributed by atoms with Gasteiger partial charge in [-0.15, -0.1) is 5.10 Å². The van der Waals surface area contributed by atoms with E-state index in [0.29, 0.717) is 5.56 Å². The van der Waals surface area contributed by atoms with Crippen molar-refractivity contribution in [2.45, 2.75) is 11.8 Å². The molecular weight excluding hydrogens is 226 g/mol. The average molecular weight is 237 g/mol. The SMILES string of the molecule is Cc1ccccc1S(=O)(=O)n1ccc(N)n1. The molecular formula is C10H11N3O2S. The number of nitrogen functional groups attached to an aromatic ring is 1. The van der Waals surface area contributed by atoms with E-state index in [2.05, 4.69) is 5.10 Å². The van der Waals surface area contributed by atoms with Crippen LogP contribution in [0.2, 0.25) is 0 Å². The Morgan fingerprint density at radius 1 is 1.25 bits per heavy atom. The summed E-state index contributed by atoms with van der Waals surface area (Å²) in [5.41, 5.74) is 6.07. The van der Waals surface area contributed by atoms with Gasteiger partial charge in [0.2, 0.25) is 0 Å². The maximum Gasteiger partial charge on any atom is 0.283 e. The van der Waals surface area contributed by atoms with Gasteiger partial charge in [0.15, 0.2) is 0 Å². The monoisotopic (exact) mass is 237 g/mol. The van der Waals surface area contributed by atoms with Crippen LogP contribution < -0.4 is 5.73 Å². The minimum Gasteiger partial charge on any atom is -0.382 e. The van der Waals surface area contributed by atoms with E-state index in [1.165, 1.54) is 12.3 Å². The third-order valence-corrected chi connectivity index (χ3v) is 3.91. The van der Waals surface area contributed by atoms with Gasteiger partial charge in [-0.1, -0.05) is 18.2 Å². The molecule has 1 heterocycles. The van der Waals surface area contributed by atoms with Crippen LogP contribution in [-0.2, 0) is 10.0 Å². The van der Waals surface area contributed by atoms with Gasteiger partial charge >= 0.3 is 0 Å². The van der Waals surface area contributed by atoms with Gasteiger partial charge in [0.05, 0.1) is 4.90 Å². The van der Waals surface area contributed by atoms with Crippen LogP contribution in [0.4, 0.5) is 5.82 Å². The number of aromatic nitrogens is 2. The molecule has 1 aromatic carbocycles. The highest BCUT2D eigenvalue weighted by Gasteiger charge is 2.19. The Morgan fingerprint density at radius 2 is 1.94 bits per heavy atom. The van der Waals surface area contributed by atoms with Crippen LogP contribution in [0.5, 0.6) is 0 Å². The van der Waals surface area contributed by atoms with Gasteiger partial charge < -0.3 is 5.73 Å². The van der Waals surface area contributed by atoms with E-state index < -0.39 is 10.0 Å². The Labute approximate surface area is 93.6 Å². The van der Waals surface area contributed by atoms with Crippen molar-refractivity contribution in [3.63, 3.8) is 0 Å². The van der Waals surface area contributed by atoms with Crippen molar-refractivity contribution in [1.29, 1.82) is 0 Å². The number of nitrogens with zero attached hydrogens (tertiary/aromatic N) is 2. The number of nitrogens with two attached hydrogens (primary N) is 1. The van der Waals surface area contributed by atoms with Crippen LogP contribution in [0.1, 0.15) is 5.56 Å². The summed E-state index contributed by atoms with van der Waals surface area (Å²) in [5.74, 6) is 0.178. The van der Waals surface area contributed by atoms with E-state index in [1.54, 1.807) is 31.2 Å². The highest BCUT2D eigenvalue weighted by molar-refractivity contribution is 7.89. The predicted octanol–water partition coefficient (Wildman–Crippen LogP) is 1.01. The smallest absolute Gasteiger partial charge is 0.283 e. The summed E-state index contributed by atoms with van der Waals surface area (Å²) >= 11 is 0. The number of hydrogen-bond donors (Lipinski definition) is 1. The van der Waals surface area contributed by atoms with E-state index in [-0.39, 0.29) is 10.7 Å². The second-order valence-corrected chi connectivity index (χ2v) is 5.15. The van der Waals surface area contributed by atoms with E-state index in [0.717, 1.165) is 4.09 Å². The first-order valence-corrected chi connectivity index (χ1v) is 6.08.